The van der Waals surface area contributed by atoms with Crippen LogP contribution in [0.3, 0.4) is 0 Å². The van der Waals surface area contributed by atoms with Gasteiger partial charge in [-0.2, -0.15) is 0 Å². The molecule has 2 aliphatic rings. The van der Waals surface area contributed by atoms with Gasteiger partial charge in [0, 0.05) is 37.7 Å². The van der Waals surface area contributed by atoms with E-state index in [2.05, 4.69) is 39.9 Å². The van der Waals surface area contributed by atoms with Gasteiger partial charge < -0.3 is 15.5 Å². The van der Waals surface area contributed by atoms with E-state index < -0.39 is 0 Å². The zero-order valence-electron chi connectivity index (χ0n) is 17.5. The first-order chi connectivity index (χ1) is 15.2. The van der Waals surface area contributed by atoms with Crippen molar-refractivity contribution in [2.24, 2.45) is 0 Å². The van der Waals surface area contributed by atoms with Crippen LogP contribution in [0.2, 0.25) is 0 Å². The molecule has 2 aromatic rings. The summed E-state index contributed by atoms with van der Waals surface area (Å²) in [6.07, 6.45) is 9.41. The molecule has 0 bridgehead atoms. The second kappa shape index (κ2) is 10.4. The van der Waals surface area contributed by atoms with E-state index >= 15 is 0 Å². The average molecular weight is 437 g/mol. The predicted octanol–water partition coefficient (Wildman–Crippen LogP) is 3.49. The third-order valence-electron chi connectivity index (χ3n) is 5.64. The number of likely N-dealkylation sites (tertiary alicyclic amines) is 1. The van der Waals surface area contributed by atoms with E-state index in [0.717, 1.165) is 43.1 Å². The maximum atomic E-state index is 12.7. The number of carbonyl (C=O) groups is 2. The quantitative estimate of drug-likeness (QED) is 0.664. The van der Waals surface area contributed by atoms with Crippen LogP contribution in [0.4, 0.5) is 0 Å². The molecule has 1 atom stereocenters. The molecule has 0 spiro atoms. The molecule has 162 valence electrons. The molecule has 1 saturated heterocycles. The highest BCUT2D eigenvalue weighted by molar-refractivity contribution is 7.09. The summed E-state index contributed by atoms with van der Waals surface area (Å²) in [5.74, 6) is -0.0501. The Morgan fingerprint density at radius 1 is 1.23 bits per heavy atom. The first-order valence-electron chi connectivity index (χ1n) is 10.8. The van der Waals surface area contributed by atoms with Crippen molar-refractivity contribution in [2.75, 3.05) is 13.1 Å². The minimum Gasteiger partial charge on any atom is -0.387 e. The van der Waals surface area contributed by atoms with E-state index in [1.807, 2.05) is 34.7 Å². The van der Waals surface area contributed by atoms with Crippen molar-refractivity contribution in [1.82, 2.24) is 20.5 Å². The minimum absolute atomic E-state index is 0.0568. The molecule has 31 heavy (non-hydrogen) atoms. The Hall–Kier alpha value is -2.93. The van der Waals surface area contributed by atoms with Crippen LogP contribution in [0.15, 0.2) is 59.6 Å². The molecule has 2 amide bonds. The van der Waals surface area contributed by atoms with Gasteiger partial charge in [-0.25, -0.2) is 4.98 Å². The summed E-state index contributed by atoms with van der Waals surface area (Å²) >= 11 is 1.55. The van der Waals surface area contributed by atoms with Crippen LogP contribution in [-0.4, -0.2) is 34.8 Å². The maximum absolute atomic E-state index is 12.7. The third-order valence-corrected chi connectivity index (χ3v) is 6.54. The first kappa shape index (κ1) is 21.3. The normalized spacial score (nSPS) is 17.9. The second-order valence-corrected chi connectivity index (χ2v) is 8.81. The van der Waals surface area contributed by atoms with Crippen LogP contribution in [-0.2, 0) is 22.6 Å². The van der Waals surface area contributed by atoms with Gasteiger partial charge in [-0.15, -0.1) is 11.3 Å². The summed E-state index contributed by atoms with van der Waals surface area (Å²) < 4.78 is 0. The number of rotatable bonds is 8. The average Bonchev–Trinajstić information content (AvgIpc) is 3.47. The van der Waals surface area contributed by atoms with Crippen molar-refractivity contribution < 1.29 is 9.59 Å². The molecule has 1 unspecified atom stereocenters. The fourth-order valence-electron chi connectivity index (χ4n) is 4.06. The standard InChI is InChI=1S/C24H28N4O2S/c29-22(26-16-23-27-20(17-31-23)15-18-10-12-25-13-11-18)8-9-24(30)28-14-4-7-21(28)19-5-2-1-3-6-19/h1-3,5-6,10-12,17,21,25H,4,7-9,13-16H2,(H,26,29). The van der Waals surface area contributed by atoms with Gasteiger partial charge in [-0.1, -0.05) is 36.4 Å². The monoisotopic (exact) mass is 436 g/mol. The molecule has 0 aliphatic carbocycles. The number of allylic oxidation sites excluding steroid dienone is 2. The Labute approximate surface area is 187 Å². The lowest BCUT2D eigenvalue weighted by Crippen LogP contribution is -2.32. The Balaban J connectivity index is 1.21. The van der Waals surface area contributed by atoms with Crippen molar-refractivity contribution in [3.63, 3.8) is 0 Å². The number of thiazole rings is 1. The van der Waals surface area contributed by atoms with Crippen LogP contribution < -0.4 is 10.6 Å². The number of benzene rings is 1. The highest BCUT2D eigenvalue weighted by Gasteiger charge is 2.29. The Morgan fingerprint density at radius 2 is 2.10 bits per heavy atom. The van der Waals surface area contributed by atoms with Gasteiger partial charge in [0.25, 0.3) is 0 Å². The zero-order chi connectivity index (χ0) is 21.5. The Kier molecular flexibility index (Phi) is 7.14. The molecule has 0 saturated carbocycles. The van der Waals surface area contributed by atoms with Crippen LogP contribution in [0.5, 0.6) is 0 Å². The van der Waals surface area contributed by atoms with E-state index in [1.54, 1.807) is 11.3 Å². The molecular weight excluding hydrogens is 408 g/mol. The van der Waals surface area contributed by atoms with Crippen LogP contribution >= 0.6 is 11.3 Å². The number of amides is 2. The van der Waals surface area contributed by atoms with E-state index in [9.17, 15) is 9.59 Å². The number of nitrogens with one attached hydrogen (secondary N) is 2. The number of dihydropyridines is 1. The SMILES string of the molecule is O=C(CCC(=O)N1CCCC1c1ccccc1)NCc1nc(CC2=CCNC=C2)cs1. The number of hydrogen-bond donors (Lipinski definition) is 2. The van der Waals surface area contributed by atoms with Gasteiger partial charge in [-0.3, -0.25) is 9.59 Å². The maximum Gasteiger partial charge on any atom is 0.223 e. The van der Waals surface area contributed by atoms with Crippen molar-refractivity contribution in [2.45, 2.75) is 44.7 Å². The molecule has 1 aromatic heterocycles. The third kappa shape index (κ3) is 5.82. The largest absolute Gasteiger partial charge is 0.387 e. The molecule has 7 heteroatoms. The summed E-state index contributed by atoms with van der Waals surface area (Å²) in [5.41, 5.74) is 3.44. The van der Waals surface area contributed by atoms with Gasteiger partial charge in [0.1, 0.15) is 5.01 Å². The van der Waals surface area contributed by atoms with Crippen LogP contribution in [0.25, 0.3) is 0 Å². The van der Waals surface area contributed by atoms with Gasteiger partial charge >= 0.3 is 0 Å². The Bertz CT molecular complexity index is 967. The molecule has 6 nitrogen and oxygen atoms in total. The summed E-state index contributed by atoms with van der Waals surface area (Å²) in [6, 6.07) is 10.3. The lowest BCUT2D eigenvalue weighted by Gasteiger charge is -2.25. The summed E-state index contributed by atoms with van der Waals surface area (Å²) in [6.45, 7) is 2.02. The fourth-order valence-corrected chi connectivity index (χ4v) is 4.79. The predicted molar refractivity (Wildman–Crippen MR) is 122 cm³/mol. The van der Waals surface area contributed by atoms with Crippen molar-refractivity contribution in [1.29, 1.82) is 0 Å². The fraction of sp³-hybridized carbons (Fsp3) is 0.375. The highest BCUT2D eigenvalue weighted by Crippen LogP contribution is 2.32. The van der Waals surface area contributed by atoms with Crippen molar-refractivity contribution in [3.8, 4) is 0 Å². The molecule has 1 aromatic carbocycles. The van der Waals surface area contributed by atoms with E-state index in [0.29, 0.717) is 6.54 Å². The van der Waals surface area contributed by atoms with Gasteiger partial charge in [0.2, 0.25) is 11.8 Å². The number of carbonyl (C=O) groups excluding carboxylic acids is 2. The van der Waals surface area contributed by atoms with Crippen molar-refractivity contribution in [3.05, 3.63) is 75.9 Å². The number of hydrogen-bond acceptors (Lipinski definition) is 5. The summed E-state index contributed by atoms with van der Waals surface area (Å²) in [4.78, 5) is 31.5. The van der Waals surface area contributed by atoms with Gasteiger partial charge in [-0.05, 0) is 36.3 Å². The second-order valence-electron chi connectivity index (χ2n) is 7.86. The van der Waals surface area contributed by atoms with E-state index in [4.69, 9.17) is 0 Å². The van der Waals surface area contributed by atoms with E-state index in [1.165, 1.54) is 11.1 Å². The van der Waals surface area contributed by atoms with Crippen molar-refractivity contribution >= 4 is 23.2 Å². The molecule has 2 aliphatic heterocycles. The molecule has 4 rings (SSSR count). The number of aromatic nitrogens is 1. The minimum atomic E-state index is -0.107. The zero-order valence-corrected chi connectivity index (χ0v) is 18.4. The molecule has 2 N–H and O–H groups in total. The topological polar surface area (TPSA) is 74.3 Å². The molecular formula is C24H28N4O2S. The summed E-state index contributed by atoms with van der Waals surface area (Å²) in [5, 5.41) is 8.97. The van der Waals surface area contributed by atoms with Crippen LogP contribution in [0, 0.1) is 0 Å². The molecule has 3 heterocycles. The first-order valence-corrected chi connectivity index (χ1v) is 11.7. The molecule has 1 fully saturated rings. The highest BCUT2D eigenvalue weighted by atomic mass is 32.1. The van der Waals surface area contributed by atoms with Gasteiger partial charge in [0.05, 0.1) is 18.3 Å². The van der Waals surface area contributed by atoms with Crippen LogP contribution in [0.1, 0.15) is 48.0 Å². The Morgan fingerprint density at radius 3 is 2.90 bits per heavy atom. The summed E-state index contributed by atoms with van der Waals surface area (Å²) in [7, 11) is 0. The lowest BCUT2D eigenvalue weighted by molar-refractivity contribution is -0.134. The smallest absolute Gasteiger partial charge is 0.223 e. The lowest BCUT2D eigenvalue weighted by atomic mass is 10.0. The van der Waals surface area contributed by atoms with E-state index in [-0.39, 0.29) is 30.7 Å². The molecule has 0 radical (unpaired) electrons. The number of nitrogens with zero attached hydrogens (tertiary/aromatic N) is 2. The van der Waals surface area contributed by atoms with Gasteiger partial charge in [0.15, 0.2) is 0 Å².